The number of furan rings is 1. The van der Waals surface area contributed by atoms with Crippen LogP contribution in [0.4, 0.5) is 0 Å². The summed E-state index contributed by atoms with van der Waals surface area (Å²) in [6, 6.07) is 20.2. The molecule has 0 aliphatic rings. The van der Waals surface area contributed by atoms with Crippen LogP contribution in [0.3, 0.4) is 0 Å². The maximum atomic E-state index is 12.6. The first-order valence-corrected chi connectivity index (χ1v) is 9.24. The van der Waals surface area contributed by atoms with Gasteiger partial charge in [0, 0.05) is 16.8 Å². The fourth-order valence-electron chi connectivity index (χ4n) is 3.24. The molecule has 4 nitrogen and oxygen atoms in total. The summed E-state index contributed by atoms with van der Waals surface area (Å²) in [4.78, 5) is 17.1. The molecule has 0 radical (unpaired) electrons. The topological polar surface area (TPSA) is 55.1 Å². The van der Waals surface area contributed by atoms with E-state index in [1.165, 1.54) is 5.56 Å². The number of carbonyl (C=O) groups is 1. The molecular formula is C23H22N2O2. The average Bonchev–Trinajstić information content (AvgIpc) is 3.08. The number of amides is 1. The number of aryl methyl sites for hydroxylation is 2. The Hall–Kier alpha value is -3.14. The summed E-state index contributed by atoms with van der Waals surface area (Å²) in [5.74, 6) is 0.102. The van der Waals surface area contributed by atoms with Crippen molar-refractivity contribution in [3.05, 3.63) is 77.6 Å². The minimum Gasteiger partial charge on any atom is -0.433 e. The first-order valence-electron chi connectivity index (χ1n) is 9.24. The van der Waals surface area contributed by atoms with Crippen molar-refractivity contribution in [1.29, 1.82) is 0 Å². The lowest BCUT2D eigenvalue weighted by atomic mass is 10.1. The number of rotatable bonds is 5. The van der Waals surface area contributed by atoms with Crippen LogP contribution in [0.25, 0.3) is 22.0 Å². The third-order valence-electron chi connectivity index (χ3n) is 4.77. The lowest BCUT2D eigenvalue weighted by Gasteiger charge is -2.12. The van der Waals surface area contributed by atoms with Crippen LogP contribution in [-0.2, 0) is 6.42 Å². The highest BCUT2D eigenvalue weighted by atomic mass is 16.4. The second kappa shape index (κ2) is 7.23. The largest absolute Gasteiger partial charge is 0.433 e. The molecule has 0 fully saturated rings. The summed E-state index contributed by atoms with van der Waals surface area (Å²) in [7, 11) is 0. The Morgan fingerprint density at radius 1 is 1.07 bits per heavy atom. The van der Waals surface area contributed by atoms with E-state index in [2.05, 4.69) is 28.5 Å². The van der Waals surface area contributed by atoms with Crippen molar-refractivity contribution in [2.24, 2.45) is 0 Å². The van der Waals surface area contributed by atoms with Gasteiger partial charge in [-0.3, -0.25) is 4.79 Å². The summed E-state index contributed by atoms with van der Waals surface area (Å²) in [5, 5.41) is 4.90. The van der Waals surface area contributed by atoms with Gasteiger partial charge in [-0.05, 0) is 56.0 Å². The second-order valence-corrected chi connectivity index (χ2v) is 7.09. The van der Waals surface area contributed by atoms with Crippen LogP contribution in [0.1, 0.15) is 35.0 Å². The monoisotopic (exact) mass is 358 g/mol. The number of hydrogen-bond donors (Lipinski definition) is 1. The quantitative estimate of drug-likeness (QED) is 0.544. The molecule has 2 aromatic heterocycles. The molecule has 1 unspecified atom stereocenters. The zero-order valence-electron chi connectivity index (χ0n) is 15.5. The zero-order chi connectivity index (χ0) is 18.8. The van der Waals surface area contributed by atoms with E-state index < -0.39 is 0 Å². The van der Waals surface area contributed by atoms with Crippen molar-refractivity contribution >= 4 is 27.9 Å². The fourth-order valence-corrected chi connectivity index (χ4v) is 3.24. The van der Waals surface area contributed by atoms with Crippen molar-refractivity contribution in [3.8, 4) is 0 Å². The average molecular weight is 358 g/mol. The SMILES string of the molecule is Cc1ccc2cc3cc(C(=O)NC(C)CCc4ccccc4)oc3nc2c1. The molecule has 0 bridgehead atoms. The van der Waals surface area contributed by atoms with E-state index >= 15 is 0 Å². The standard InChI is InChI=1S/C23H22N2O2/c1-15-8-11-18-13-19-14-21(27-23(19)25-20(18)12-15)22(26)24-16(2)9-10-17-6-4-3-5-7-17/h3-8,11-14,16H,9-10H2,1-2H3,(H,24,26). The Bertz CT molecular complexity index is 1100. The minimum atomic E-state index is -0.200. The number of aromatic nitrogens is 1. The van der Waals surface area contributed by atoms with Gasteiger partial charge in [0.25, 0.3) is 5.91 Å². The molecular weight excluding hydrogens is 336 g/mol. The Kier molecular flexibility index (Phi) is 4.63. The van der Waals surface area contributed by atoms with E-state index in [4.69, 9.17) is 4.42 Å². The zero-order valence-corrected chi connectivity index (χ0v) is 15.5. The number of carbonyl (C=O) groups excluding carboxylic acids is 1. The van der Waals surface area contributed by atoms with E-state index in [1.54, 1.807) is 6.07 Å². The molecule has 1 N–H and O–H groups in total. The summed E-state index contributed by atoms with van der Waals surface area (Å²) in [6.07, 6.45) is 1.80. The summed E-state index contributed by atoms with van der Waals surface area (Å²) in [5.41, 5.74) is 3.79. The minimum absolute atomic E-state index is 0.0561. The number of nitrogens with one attached hydrogen (secondary N) is 1. The molecule has 1 atom stereocenters. The number of nitrogens with zero attached hydrogens (tertiary/aromatic N) is 1. The predicted octanol–water partition coefficient (Wildman–Crippen LogP) is 5.04. The van der Waals surface area contributed by atoms with Gasteiger partial charge < -0.3 is 9.73 Å². The highest BCUT2D eigenvalue weighted by Crippen LogP contribution is 2.23. The molecule has 4 aromatic rings. The van der Waals surface area contributed by atoms with Crippen LogP contribution in [0.15, 0.2) is 65.1 Å². The highest BCUT2D eigenvalue weighted by molar-refractivity contribution is 5.98. The predicted molar refractivity (Wildman–Crippen MR) is 108 cm³/mol. The third-order valence-corrected chi connectivity index (χ3v) is 4.77. The van der Waals surface area contributed by atoms with Crippen molar-refractivity contribution in [1.82, 2.24) is 10.3 Å². The number of pyridine rings is 1. The van der Waals surface area contributed by atoms with E-state index in [0.717, 1.165) is 34.7 Å². The molecule has 0 saturated carbocycles. The maximum absolute atomic E-state index is 12.6. The number of hydrogen-bond acceptors (Lipinski definition) is 3. The van der Waals surface area contributed by atoms with Crippen LogP contribution in [0.5, 0.6) is 0 Å². The van der Waals surface area contributed by atoms with Crippen LogP contribution in [0, 0.1) is 6.92 Å². The molecule has 0 aliphatic carbocycles. The Morgan fingerprint density at radius 2 is 1.89 bits per heavy atom. The van der Waals surface area contributed by atoms with E-state index in [1.807, 2.05) is 50.2 Å². The van der Waals surface area contributed by atoms with Gasteiger partial charge in [0.15, 0.2) is 5.76 Å². The fraction of sp³-hybridized carbons (Fsp3) is 0.217. The molecule has 0 saturated heterocycles. The Labute approximate surface area is 158 Å². The first kappa shape index (κ1) is 17.3. The first-order chi connectivity index (χ1) is 13.1. The Morgan fingerprint density at radius 3 is 2.70 bits per heavy atom. The summed E-state index contributed by atoms with van der Waals surface area (Å²) in [6.45, 7) is 4.04. The molecule has 4 rings (SSSR count). The van der Waals surface area contributed by atoms with Crippen molar-refractivity contribution in [3.63, 3.8) is 0 Å². The molecule has 2 heterocycles. The molecule has 0 aliphatic heterocycles. The van der Waals surface area contributed by atoms with Crippen LogP contribution >= 0.6 is 0 Å². The second-order valence-electron chi connectivity index (χ2n) is 7.09. The number of benzene rings is 2. The van der Waals surface area contributed by atoms with Crippen LogP contribution in [0.2, 0.25) is 0 Å². The summed E-state index contributed by atoms with van der Waals surface area (Å²) >= 11 is 0. The lowest BCUT2D eigenvalue weighted by Crippen LogP contribution is -2.32. The third kappa shape index (κ3) is 3.85. The van der Waals surface area contributed by atoms with E-state index in [0.29, 0.717) is 11.5 Å². The van der Waals surface area contributed by atoms with Gasteiger partial charge in [0.2, 0.25) is 5.71 Å². The van der Waals surface area contributed by atoms with Gasteiger partial charge in [-0.15, -0.1) is 0 Å². The van der Waals surface area contributed by atoms with Crippen molar-refractivity contribution in [2.45, 2.75) is 32.7 Å². The van der Waals surface area contributed by atoms with Gasteiger partial charge >= 0.3 is 0 Å². The molecule has 1 amide bonds. The van der Waals surface area contributed by atoms with Crippen LogP contribution < -0.4 is 5.32 Å². The normalized spacial score (nSPS) is 12.4. The highest BCUT2D eigenvalue weighted by Gasteiger charge is 2.16. The molecule has 136 valence electrons. The van der Waals surface area contributed by atoms with Crippen molar-refractivity contribution < 1.29 is 9.21 Å². The summed E-state index contributed by atoms with van der Waals surface area (Å²) < 4.78 is 5.72. The molecule has 2 aromatic carbocycles. The smallest absolute Gasteiger partial charge is 0.287 e. The van der Waals surface area contributed by atoms with E-state index in [9.17, 15) is 4.79 Å². The van der Waals surface area contributed by atoms with Crippen LogP contribution in [-0.4, -0.2) is 16.9 Å². The van der Waals surface area contributed by atoms with Gasteiger partial charge in [0.1, 0.15) is 0 Å². The lowest BCUT2D eigenvalue weighted by molar-refractivity contribution is 0.0912. The number of fused-ring (bicyclic) bond motifs is 2. The van der Waals surface area contributed by atoms with Gasteiger partial charge in [0.05, 0.1) is 5.52 Å². The van der Waals surface area contributed by atoms with Crippen molar-refractivity contribution in [2.75, 3.05) is 0 Å². The van der Waals surface area contributed by atoms with Gasteiger partial charge in [-0.2, -0.15) is 0 Å². The molecule has 4 heteroatoms. The molecule has 0 spiro atoms. The van der Waals surface area contributed by atoms with Gasteiger partial charge in [-0.1, -0.05) is 42.5 Å². The van der Waals surface area contributed by atoms with E-state index in [-0.39, 0.29) is 11.9 Å². The Balaban J connectivity index is 1.47. The molecule has 27 heavy (non-hydrogen) atoms. The van der Waals surface area contributed by atoms with Gasteiger partial charge in [-0.25, -0.2) is 4.98 Å². The maximum Gasteiger partial charge on any atom is 0.287 e.